The summed E-state index contributed by atoms with van der Waals surface area (Å²) in [4.78, 5) is 11.8. The fourth-order valence-electron chi connectivity index (χ4n) is 1.54. The number of hydrogen-bond acceptors (Lipinski definition) is 3. The van der Waals surface area contributed by atoms with E-state index in [9.17, 15) is 4.79 Å². The van der Waals surface area contributed by atoms with Gasteiger partial charge in [-0.3, -0.25) is 4.79 Å². The van der Waals surface area contributed by atoms with Gasteiger partial charge >= 0.3 is 0 Å². The summed E-state index contributed by atoms with van der Waals surface area (Å²) < 4.78 is 0. The molecule has 0 heterocycles. The van der Waals surface area contributed by atoms with E-state index in [1.165, 1.54) is 0 Å². The maximum absolute atomic E-state index is 11.5. The van der Waals surface area contributed by atoms with Crippen LogP contribution in [-0.4, -0.2) is 24.0 Å². The van der Waals surface area contributed by atoms with Crippen LogP contribution in [-0.2, 0) is 4.79 Å². The molecule has 104 valence electrons. The molecule has 0 aliphatic heterocycles. The van der Waals surface area contributed by atoms with E-state index in [0.29, 0.717) is 29.5 Å². The molecular weight excluding hydrogens is 282 g/mol. The molecule has 0 aliphatic carbocycles. The Bertz CT molecular complexity index is 465. The third-order valence-electron chi connectivity index (χ3n) is 2.49. The molecule has 0 saturated carbocycles. The second kappa shape index (κ2) is 7.96. The molecule has 1 aromatic rings. The predicted octanol–water partition coefficient (Wildman–Crippen LogP) is 2.30. The summed E-state index contributed by atoms with van der Waals surface area (Å²) in [7, 11) is 0. The van der Waals surface area contributed by atoms with Crippen LogP contribution in [0.3, 0.4) is 0 Å². The summed E-state index contributed by atoms with van der Waals surface area (Å²) in [6.45, 7) is 3.22. The van der Waals surface area contributed by atoms with E-state index in [2.05, 4.69) is 10.6 Å². The monoisotopic (exact) mass is 299 g/mol. The average molecular weight is 300 g/mol. The highest BCUT2D eigenvalue weighted by molar-refractivity contribution is 7.80. The third-order valence-corrected chi connectivity index (χ3v) is 2.94. The number of carbonyl (C=O) groups excluding carboxylic acids is 1. The Balaban J connectivity index is 2.55. The molecule has 1 rings (SSSR count). The Labute approximate surface area is 123 Å². The lowest BCUT2D eigenvalue weighted by molar-refractivity contribution is -0.120. The van der Waals surface area contributed by atoms with E-state index < -0.39 is 0 Å². The Morgan fingerprint density at radius 1 is 1.42 bits per heavy atom. The first-order valence-corrected chi connectivity index (χ1v) is 6.93. The number of benzene rings is 1. The number of anilines is 1. The Morgan fingerprint density at radius 3 is 2.79 bits per heavy atom. The maximum atomic E-state index is 11.5. The molecule has 0 radical (unpaired) electrons. The van der Waals surface area contributed by atoms with Gasteiger partial charge in [-0.1, -0.05) is 30.7 Å². The number of amides is 1. The number of nitrogens with two attached hydrogens (primary N) is 1. The first-order chi connectivity index (χ1) is 9.04. The second-order valence-corrected chi connectivity index (χ2v) is 4.96. The van der Waals surface area contributed by atoms with Gasteiger partial charge in [0.25, 0.3) is 0 Å². The van der Waals surface area contributed by atoms with Gasteiger partial charge < -0.3 is 16.4 Å². The average Bonchev–Trinajstić information content (AvgIpc) is 2.36. The van der Waals surface area contributed by atoms with Crippen LogP contribution < -0.4 is 16.4 Å². The zero-order valence-corrected chi connectivity index (χ0v) is 12.4. The molecule has 1 amide bonds. The molecule has 4 N–H and O–H groups in total. The Hall–Kier alpha value is -1.33. The molecule has 0 fully saturated rings. The van der Waals surface area contributed by atoms with Crippen molar-refractivity contribution >= 4 is 40.4 Å². The molecule has 0 spiro atoms. The molecule has 0 saturated heterocycles. The van der Waals surface area contributed by atoms with Gasteiger partial charge in [-0.25, -0.2) is 0 Å². The summed E-state index contributed by atoms with van der Waals surface area (Å²) in [5.41, 5.74) is 7.11. The maximum Gasteiger partial charge on any atom is 0.221 e. The second-order valence-electron chi connectivity index (χ2n) is 4.08. The van der Waals surface area contributed by atoms with E-state index in [4.69, 9.17) is 29.6 Å². The molecule has 19 heavy (non-hydrogen) atoms. The lowest BCUT2D eigenvalue weighted by Crippen LogP contribution is -2.26. The number of carbonyl (C=O) groups is 1. The SMILES string of the molecule is CCCNC(=O)CCNc1cc(Cl)ccc1C(N)=S. The smallest absolute Gasteiger partial charge is 0.221 e. The quantitative estimate of drug-likeness (QED) is 0.676. The van der Waals surface area contributed by atoms with E-state index >= 15 is 0 Å². The van der Waals surface area contributed by atoms with E-state index in [1.54, 1.807) is 18.2 Å². The highest BCUT2D eigenvalue weighted by Gasteiger charge is 2.06. The number of halogens is 1. The van der Waals surface area contributed by atoms with Crippen LogP contribution in [0.5, 0.6) is 0 Å². The molecule has 0 aliphatic rings. The molecular formula is C13H18ClN3OS. The molecule has 4 nitrogen and oxygen atoms in total. The van der Waals surface area contributed by atoms with Crippen molar-refractivity contribution in [3.8, 4) is 0 Å². The summed E-state index contributed by atoms with van der Waals surface area (Å²) in [5, 5.41) is 6.54. The minimum absolute atomic E-state index is 0.0215. The van der Waals surface area contributed by atoms with Gasteiger partial charge in [0.2, 0.25) is 5.91 Å². The first-order valence-electron chi connectivity index (χ1n) is 6.14. The summed E-state index contributed by atoms with van der Waals surface area (Å²) >= 11 is 10.9. The number of rotatable bonds is 7. The van der Waals surface area contributed by atoms with Crippen molar-refractivity contribution in [2.24, 2.45) is 5.73 Å². The zero-order valence-electron chi connectivity index (χ0n) is 10.8. The predicted molar refractivity (Wildman–Crippen MR) is 83.7 cm³/mol. The van der Waals surface area contributed by atoms with E-state index in [-0.39, 0.29) is 5.91 Å². The molecule has 1 aromatic carbocycles. The molecule has 0 bridgehead atoms. The van der Waals surface area contributed by atoms with Crippen molar-refractivity contribution in [2.45, 2.75) is 19.8 Å². The lowest BCUT2D eigenvalue weighted by Gasteiger charge is -2.11. The third kappa shape index (κ3) is 5.44. The zero-order chi connectivity index (χ0) is 14.3. The van der Waals surface area contributed by atoms with Crippen LogP contribution >= 0.6 is 23.8 Å². The van der Waals surface area contributed by atoms with Crippen LogP contribution in [0.15, 0.2) is 18.2 Å². The van der Waals surface area contributed by atoms with Crippen molar-refractivity contribution in [2.75, 3.05) is 18.4 Å². The fraction of sp³-hybridized carbons (Fsp3) is 0.385. The normalized spacial score (nSPS) is 10.0. The molecule has 6 heteroatoms. The van der Waals surface area contributed by atoms with Crippen LogP contribution in [0.4, 0.5) is 5.69 Å². The van der Waals surface area contributed by atoms with Crippen molar-refractivity contribution in [1.29, 1.82) is 0 Å². The van der Waals surface area contributed by atoms with Crippen LogP contribution in [0.2, 0.25) is 5.02 Å². The lowest BCUT2D eigenvalue weighted by atomic mass is 10.1. The largest absolute Gasteiger partial charge is 0.389 e. The highest BCUT2D eigenvalue weighted by atomic mass is 35.5. The van der Waals surface area contributed by atoms with Crippen molar-refractivity contribution in [3.63, 3.8) is 0 Å². The van der Waals surface area contributed by atoms with Gasteiger partial charge in [-0.05, 0) is 24.6 Å². The molecule has 0 unspecified atom stereocenters. The van der Waals surface area contributed by atoms with Gasteiger partial charge in [-0.2, -0.15) is 0 Å². The van der Waals surface area contributed by atoms with Crippen molar-refractivity contribution < 1.29 is 4.79 Å². The van der Waals surface area contributed by atoms with Gasteiger partial charge in [0.05, 0.1) is 0 Å². The topological polar surface area (TPSA) is 67.2 Å². The molecule has 0 aromatic heterocycles. The summed E-state index contributed by atoms with van der Waals surface area (Å²) in [6.07, 6.45) is 1.32. The van der Waals surface area contributed by atoms with Gasteiger partial charge in [0.1, 0.15) is 4.99 Å². The van der Waals surface area contributed by atoms with Crippen LogP contribution in [0.25, 0.3) is 0 Å². The Kier molecular flexibility index (Phi) is 6.59. The van der Waals surface area contributed by atoms with Crippen LogP contribution in [0.1, 0.15) is 25.3 Å². The summed E-state index contributed by atoms with van der Waals surface area (Å²) in [5.74, 6) is 0.0215. The first kappa shape index (κ1) is 15.7. The Morgan fingerprint density at radius 2 is 2.16 bits per heavy atom. The molecule has 0 atom stereocenters. The minimum Gasteiger partial charge on any atom is -0.389 e. The van der Waals surface area contributed by atoms with Crippen molar-refractivity contribution in [3.05, 3.63) is 28.8 Å². The minimum atomic E-state index is 0.0215. The fourth-order valence-corrected chi connectivity index (χ4v) is 1.89. The summed E-state index contributed by atoms with van der Waals surface area (Å²) in [6, 6.07) is 5.25. The number of thiocarbonyl (C=S) groups is 1. The van der Waals surface area contributed by atoms with Gasteiger partial charge in [-0.15, -0.1) is 0 Å². The van der Waals surface area contributed by atoms with E-state index in [0.717, 1.165) is 17.7 Å². The van der Waals surface area contributed by atoms with Crippen LogP contribution in [0, 0.1) is 0 Å². The van der Waals surface area contributed by atoms with Gasteiger partial charge in [0, 0.05) is 35.8 Å². The van der Waals surface area contributed by atoms with Crippen molar-refractivity contribution in [1.82, 2.24) is 5.32 Å². The standard InChI is InChI=1S/C13H18ClN3OS/c1-2-6-17-12(18)5-7-16-11-8-9(14)3-4-10(11)13(15)19/h3-4,8,16H,2,5-7H2,1H3,(H2,15,19)(H,17,18). The number of hydrogen-bond donors (Lipinski definition) is 3. The highest BCUT2D eigenvalue weighted by Crippen LogP contribution is 2.21. The van der Waals surface area contributed by atoms with E-state index in [1.807, 2.05) is 6.92 Å². The van der Waals surface area contributed by atoms with Gasteiger partial charge in [0.15, 0.2) is 0 Å². The number of nitrogens with one attached hydrogen (secondary N) is 2.